The lowest BCUT2D eigenvalue weighted by Gasteiger charge is -2.41. The summed E-state index contributed by atoms with van der Waals surface area (Å²) in [6.07, 6.45) is -4.91. The van der Waals surface area contributed by atoms with Crippen LogP contribution in [0.5, 0.6) is 0 Å². The van der Waals surface area contributed by atoms with Crippen molar-refractivity contribution in [1.82, 2.24) is 4.90 Å². The Labute approximate surface area is 168 Å². The van der Waals surface area contributed by atoms with E-state index in [1.54, 1.807) is 0 Å². The zero-order valence-corrected chi connectivity index (χ0v) is 17.4. The molecule has 0 spiro atoms. The third-order valence-corrected chi connectivity index (χ3v) is 8.35. The first-order chi connectivity index (χ1) is 13.2. The van der Waals surface area contributed by atoms with Gasteiger partial charge in [0.2, 0.25) is 5.91 Å². The van der Waals surface area contributed by atoms with Crippen LogP contribution in [0.25, 0.3) is 0 Å². The van der Waals surface area contributed by atoms with E-state index in [0.717, 1.165) is 12.1 Å². The van der Waals surface area contributed by atoms with Gasteiger partial charge in [-0.3, -0.25) is 4.79 Å². The van der Waals surface area contributed by atoms with Gasteiger partial charge >= 0.3 is 6.18 Å². The number of amides is 1. The van der Waals surface area contributed by atoms with Gasteiger partial charge in [-0.05, 0) is 57.7 Å². The van der Waals surface area contributed by atoms with Gasteiger partial charge in [-0.2, -0.15) is 13.2 Å². The van der Waals surface area contributed by atoms with Gasteiger partial charge in [-0.15, -0.1) is 0 Å². The number of nitrogens with zero attached hydrogens (tertiary/aromatic N) is 1. The van der Waals surface area contributed by atoms with E-state index in [-0.39, 0.29) is 23.9 Å². The first-order valence-corrected chi connectivity index (χ1v) is 10.8. The highest BCUT2D eigenvalue weighted by atomic mass is 32.2. The molecule has 1 aromatic rings. The Morgan fingerprint density at radius 3 is 2.28 bits per heavy atom. The lowest BCUT2D eigenvalue weighted by atomic mass is 9.85. The molecular weight excluding hydrogens is 409 g/mol. The Kier molecular flexibility index (Phi) is 6.71. The van der Waals surface area contributed by atoms with Crippen molar-refractivity contribution >= 4 is 15.7 Å². The Hall–Kier alpha value is -1.65. The summed E-state index contributed by atoms with van der Waals surface area (Å²) in [5.74, 6) is -0.758. The van der Waals surface area contributed by atoms with E-state index in [1.807, 2.05) is 0 Å². The summed E-state index contributed by atoms with van der Waals surface area (Å²) < 4.78 is 63.9. The smallest absolute Gasteiger partial charge is 0.391 e. The number of likely N-dealkylation sites (tertiary alicyclic amines) is 1. The zero-order chi connectivity index (χ0) is 22.2. The van der Waals surface area contributed by atoms with Crippen LogP contribution < -0.4 is 5.73 Å². The molecule has 2 atom stereocenters. The minimum atomic E-state index is -4.63. The van der Waals surface area contributed by atoms with Crippen LogP contribution in [0.15, 0.2) is 29.2 Å². The topological polar surface area (TPSA) is 101 Å². The summed E-state index contributed by atoms with van der Waals surface area (Å²) in [5, 5.41) is 9.48. The van der Waals surface area contributed by atoms with Crippen LogP contribution in [0.4, 0.5) is 13.2 Å². The lowest BCUT2D eigenvalue weighted by Crippen LogP contribution is -2.53. The maximum absolute atomic E-state index is 13.1. The number of aliphatic hydroxyl groups is 1. The highest BCUT2D eigenvalue weighted by Crippen LogP contribution is 2.39. The van der Waals surface area contributed by atoms with Gasteiger partial charge in [-0.1, -0.05) is 6.07 Å². The fourth-order valence-electron chi connectivity index (χ4n) is 3.57. The first kappa shape index (κ1) is 23.6. The predicted octanol–water partition coefficient (Wildman–Crippen LogP) is 2.20. The zero-order valence-electron chi connectivity index (χ0n) is 16.6. The third-order valence-electron chi connectivity index (χ3n) is 5.76. The number of hydrogen-bond donors (Lipinski definition) is 2. The van der Waals surface area contributed by atoms with E-state index < -0.39 is 44.4 Å². The molecule has 0 saturated carbocycles. The minimum absolute atomic E-state index is 0.269. The molecule has 1 heterocycles. The van der Waals surface area contributed by atoms with E-state index in [2.05, 4.69) is 0 Å². The number of piperidine rings is 1. The average molecular weight is 436 g/mol. The van der Waals surface area contributed by atoms with Gasteiger partial charge in [0, 0.05) is 13.1 Å². The molecule has 0 aliphatic carbocycles. The van der Waals surface area contributed by atoms with Crippen molar-refractivity contribution in [2.45, 2.75) is 61.6 Å². The van der Waals surface area contributed by atoms with Crippen molar-refractivity contribution in [3.63, 3.8) is 0 Å². The molecule has 1 amide bonds. The molecular formula is C19H27F3N2O4S. The van der Waals surface area contributed by atoms with Crippen LogP contribution in [0.2, 0.25) is 0 Å². The molecule has 1 fully saturated rings. The van der Waals surface area contributed by atoms with E-state index in [0.29, 0.717) is 18.9 Å². The van der Waals surface area contributed by atoms with E-state index in [4.69, 9.17) is 5.73 Å². The average Bonchev–Trinajstić information content (AvgIpc) is 2.66. The molecule has 1 aliphatic heterocycles. The van der Waals surface area contributed by atoms with Crippen LogP contribution >= 0.6 is 0 Å². The number of nitrogens with two attached hydrogens (primary N) is 1. The largest absolute Gasteiger partial charge is 0.416 e. The molecule has 10 heteroatoms. The van der Waals surface area contributed by atoms with E-state index >= 15 is 0 Å². The van der Waals surface area contributed by atoms with Crippen molar-refractivity contribution in [2.75, 3.05) is 13.1 Å². The fourth-order valence-corrected chi connectivity index (χ4v) is 5.40. The number of hydrogen-bond acceptors (Lipinski definition) is 5. The Morgan fingerprint density at radius 1 is 1.24 bits per heavy atom. The van der Waals surface area contributed by atoms with Gasteiger partial charge in [-0.25, -0.2) is 8.42 Å². The van der Waals surface area contributed by atoms with Crippen LogP contribution in [0.3, 0.4) is 0 Å². The van der Waals surface area contributed by atoms with Crippen LogP contribution in [-0.2, 0) is 20.8 Å². The molecule has 0 unspecified atom stereocenters. The second-order valence-electron chi connectivity index (χ2n) is 8.00. The molecule has 6 nitrogen and oxygen atoms in total. The summed E-state index contributed by atoms with van der Waals surface area (Å²) in [6.45, 7) is 4.97. The molecule has 1 saturated heterocycles. The van der Waals surface area contributed by atoms with Crippen molar-refractivity contribution in [3.8, 4) is 0 Å². The first-order valence-electron chi connectivity index (χ1n) is 9.34. The summed E-state index contributed by atoms with van der Waals surface area (Å²) >= 11 is 0. The van der Waals surface area contributed by atoms with E-state index in [1.165, 1.54) is 31.7 Å². The number of carbonyl (C=O) groups is 1. The minimum Gasteiger partial charge on any atom is -0.391 e. The molecule has 0 bridgehead atoms. The molecule has 2 rings (SSSR count). The molecule has 1 aliphatic rings. The number of halogens is 3. The Balaban J connectivity index is 2.20. The Bertz CT molecular complexity index is 845. The molecule has 0 radical (unpaired) electrons. The third kappa shape index (κ3) is 4.75. The molecule has 3 N–H and O–H groups in total. The van der Waals surface area contributed by atoms with Gasteiger partial charge in [0.25, 0.3) is 0 Å². The summed E-state index contributed by atoms with van der Waals surface area (Å²) in [6, 6.07) is 2.71. The summed E-state index contributed by atoms with van der Waals surface area (Å²) in [7, 11) is -4.06. The number of benzene rings is 1. The highest BCUT2D eigenvalue weighted by Gasteiger charge is 2.45. The van der Waals surface area contributed by atoms with Crippen molar-refractivity contribution < 1.29 is 31.5 Å². The predicted molar refractivity (Wildman–Crippen MR) is 102 cm³/mol. The number of alkyl halides is 3. The van der Waals surface area contributed by atoms with Crippen molar-refractivity contribution in [1.29, 1.82) is 0 Å². The number of aliphatic hydroxyl groups excluding tert-OH is 1. The lowest BCUT2D eigenvalue weighted by molar-refractivity contribution is -0.138. The normalized spacial score (nSPS) is 19.1. The number of rotatable bonds is 5. The standard InChI is InChI=1S/C19H27F3N2O4S/c1-12(25)16(23)17(26)24-9-7-13(8-10-24)18(2,3)29(27,28)15-6-4-5-14(11-15)19(20,21)22/h4-6,11-13,16,25H,7-10,23H2,1-3H3/t12-,16-/m0/s1. The second-order valence-corrected chi connectivity index (χ2v) is 10.5. The maximum atomic E-state index is 13.1. The van der Waals surface area contributed by atoms with Crippen LogP contribution in [0.1, 0.15) is 39.2 Å². The van der Waals surface area contributed by atoms with E-state index in [9.17, 15) is 31.5 Å². The monoisotopic (exact) mass is 436 g/mol. The number of sulfone groups is 1. The summed E-state index contributed by atoms with van der Waals surface area (Å²) in [4.78, 5) is 13.4. The van der Waals surface area contributed by atoms with Crippen LogP contribution in [-0.4, -0.2) is 54.3 Å². The molecule has 164 valence electrons. The Morgan fingerprint density at radius 2 is 1.79 bits per heavy atom. The maximum Gasteiger partial charge on any atom is 0.416 e. The molecule has 0 aromatic heterocycles. The van der Waals surface area contributed by atoms with Gasteiger partial charge in [0.15, 0.2) is 9.84 Å². The van der Waals surface area contributed by atoms with Crippen molar-refractivity contribution in [2.24, 2.45) is 11.7 Å². The van der Waals surface area contributed by atoms with Gasteiger partial charge < -0.3 is 15.7 Å². The van der Waals surface area contributed by atoms with Crippen LogP contribution in [0, 0.1) is 5.92 Å². The van der Waals surface area contributed by atoms with Crippen molar-refractivity contribution in [3.05, 3.63) is 29.8 Å². The highest BCUT2D eigenvalue weighted by molar-refractivity contribution is 7.92. The molecule has 29 heavy (non-hydrogen) atoms. The SMILES string of the molecule is C[C@H](O)[C@H](N)C(=O)N1CCC(C(C)(C)S(=O)(=O)c2cccc(C(F)(F)F)c2)CC1. The van der Waals surface area contributed by atoms with Gasteiger partial charge in [0.1, 0.15) is 6.04 Å². The fraction of sp³-hybridized carbons (Fsp3) is 0.632. The molecule has 1 aromatic carbocycles. The second kappa shape index (κ2) is 8.23. The quantitative estimate of drug-likeness (QED) is 0.737. The summed E-state index contributed by atoms with van der Waals surface area (Å²) in [5.41, 5.74) is 4.66. The number of carbonyl (C=O) groups excluding carboxylic acids is 1. The van der Waals surface area contributed by atoms with Gasteiger partial charge in [0.05, 0.1) is 21.3 Å².